The second kappa shape index (κ2) is 22.5. The van der Waals surface area contributed by atoms with Crippen molar-refractivity contribution in [2.24, 2.45) is 33.9 Å². The molecule has 3 rings (SSSR count). The van der Waals surface area contributed by atoms with Crippen LogP contribution in [0.1, 0.15) is 109 Å². The number of hydrogen-bond acceptors (Lipinski definition) is 15. The molecular formula is C47H91N3O12Si2. The minimum atomic E-state index is -2.17. The zero-order chi connectivity index (χ0) is 49.1. The van der Waals surface area contributed by atoms with E-state index < -0.39 is 106 Å². The summed E-state index contributed by atoms with van der Waals surface area (Å²) in [5.41, 5.74) is -2.49. The lowest BCUT2D eigenvalue weighted by Gasteiger charge is -2.51. The minimum Gasteiger partial charge on any atom is -0.459 e. The summed E-state index contributed by atoms with van der Waals surface area (Å²) in [5.74, 6) is -3.21. The SMILES string of the molecule is CC[C@H]1OC(=O)[C@H](C)[C@@H](O[C@H]2C[C@@](C)(OC)[C@@H](O[Si](C)(C)C)[C@H](C)O2)[C@H](C)[C@@H](O[C@@H]2O[C@H](C)C[C@H](N(C)C)[C@H]2O[Si](C)(C)C)[C@](C)(OC)C[C@@H](C)/C(=N\N=C(C)C)[C@H](C)[C@@H](O)[C@]1(C)O. The molecular weight excluding hydrogens is 855 g/mol. The van der Waals surface area contributed by atoms with Crippen molar-refractivity contribution in [1.29, 1.82) is 0 Å². The number of esters is 1. The lowest BCUT2D eigenvalue weighted by molar-refractivity contribution is -0.316. The molecule has 0 radical (unpaired) electrons. The van der Waals surface area contributed by atoms with Gasteiger partial charge in [-0.1, -0.05) is 27.7 Å². The fourth-order valence-corrected chi connectivity index (χ4v) is 12.3. The highest BCUT2D eigenvalue weighted by Crippen LogP contribution is 2.43. The monoisotopic (exact) mass is 946 g/mol. The number of hydrogen-bond donors (Lipinski definition) is 2. The van der Waals surface area contributed by atoms with Crippen molar-refractivity contribution in [2.45, 2.75) is 232 Å². The minimum absolute atomic E-state index is 0.0203. The van der Waals surface area contributed by atoms with E-state index >= 15 is 0 Å². The standard InChI is InChI=1S/C47H91N3O12Si2/c1-23-35-47(12,53)40(51)30(6)37(49-48-27(2)3)28(4)25-45(10,54-15)41(60-44-39(61-63(17,18)19)34(50(13)14)24-29(5)56-44)31(7)38(32(8)43(52)58-35)59-36-26-46(11,55-16)42(33(9)57-36)62-64(20,21)22/h28-36,38-42,44,51,53H,23-26H2,1-22H3/b49-37+/t28-,29-,30+,31+,32-,33+,34+,35-,36+,38+,39-,40-,41-,42+,44+,45-,46-,47-/m1/s1. The fourth-order valence-electron chi connectivity index (χ4n) is 10.1. The number of ether oxygens (including phenoxy) is 7. The van der Waals surface area contributed by atoms with Crippen LogP contribution in [0.25, 0.3) is 0 Å². The second-order valence-corrected chi connectivity index (χ2v) is 31.1. The van der Waals surface area contributed by atoms with E-state index in [2.05, 4.69) is 63.4 Å². The van der Waals surface area contributed by atoms with Crippen LogP contribution in [0.5, 0.6) is 0 Å². The van der Waals surface area contributed by atoms with E-state index in [1.165, 1.54) is 6.92 Å². The first-order valence-corrected chi connectivity index (χ1v) is 30.5. The molecule has 17 heteroatoms. The van der Waals surface area contributed by atoms with Crippen molar-refractivity contribution in [3.8, 4) is 0 Å². The lowest BCUT2D eigenvalue weighted by atomic mass is 9.73. The van der Waals surface area contributed by atoms with Gasteiger partial charge in [0.05, 0.1) is 53.7 Å². The van der Waals surface area contributed by atoms with Crippen molar-refractivity contribution < 1.29 is 57.0 Å². The Bertz CT molecular complexity index is 1570. The van der Waals surface area contributed by atoms with Crippen LogP contribution in [0, 0.1) is 23.7 Å². The topological polar surface area (TPSA) is 169 Å². The first kappa shape index (κ1) is 57.1. The van der Waals surface area contributed by atoms with Crippen molar-refractivity contribution in [3.05, 3.63) is 0 Å². The third-order valence-corrected chi connectivity index (χ3v) is 15.5. The number of methoxy groups -OCH3 is 2. The molecule has 0 aromatic heterocycles. The summed E-state index contributed by atoms with van der Waals surface area (Å²) >= 11 is 0. The van der Waals surface area contributed by atoms with Gasteiger partial charge in [0.15, 0.2) is 29.2 Å². The van der Waals surface area contributed by atoms with Gasteiger partial charge in [0, 0.05) is 49.9 Å². The number of likely N-dealkylation sites (N-methyl/N-ethyl adjacent to an activating group) is 1. The van der Waals surface area contributed by atoms with Gasteiger partial charge in [-0.2, -0.15) is 10.2 Å². The van der Waals surface area contributed by atoms with Crippen LogP contribution in [-0.4, -0.2) is 162 Å². The van der Waals surface area contributed by atoms with Gasteiger partial charge in [-0.05, 0) is 134 Å². The Morgan fingerprint density at radius 3 is 1.89 bits per heavy atom. The van der Waals surface area contributed by atoms with Crippen LogP contribution >= 0.6 is 0 Å². The number of carbonyl (C=O) groups excluding carboxylic acids is 1. The number of rotatable bonds is 13. The highest BCUT2D eigenvalue weighted by Gasteiger charge is 2.55. The molecule has 0 aromatic rings. The van der Waals surface area contributed by atoms with Crippen molar-refractivity contribution in [1.82, 2.24) is 4.90 Å². The third-order valence-electron chi connectivity index (χ3n) is 13.6. The molecule has 15 nitrogen and oxygen atoms in total. The predicted molar refractivity (Wildman–Crippen MR) is 257 cm³/mol. The zero-order valence-corrected chi connectivity index (χ0v) is 45.8. The molecule has 18 atom stereocenters. The number of nitrogens with zero attached hydrogens (tertiary/aromatic N) is 3. The van der Waals surface area contributed by atoms with Crippen LogP contribution in [0.4, 0.5) is 0 Å². The van der Waals surface area contributed by atoms with Crippen LogP contribution in [0.15, 0.2) is 10.2 Å². The summed E-state index contributed by atoms with van der Waals surface area (Å²) in [6.45, 7) is 35.6. The van der Waals surface area contributed by atoms with E-state index in [1.807, 2.05) is 69.2 Å². The Kier molecular flexibility index (Phi) is 20.1. The van der Waals surface area contributed by atoms with Gasteiger partial charge in [0.2, 0.25) is 0 Å². The maximum absolute atomic E-state index is 14.7. The lowest BCUT2D eigenvalue weighted by Crippen LogP contribution is -2.63. The molecule has 3 heterocycles. The van der Waals surface area contributed by atoms with E-state index in [4.69, 9.17) is 47.1 Å². The molecule has 3 aliphatic heterocycles. The summed E-state index contributed by atoms with van der Waals surface area (Å²) in [5, 5.41) is 33.4. The maximum atomic E-state index is 14.7. The number of carbonyl (C=O) groups is 1. The van der Waals surface area contributed by atoms with Gasteiger partial charge >= 0.3 is 5.97 Å². The average molecular weight is 946 g/mol. The van der Waals surface area contributed by atoms with E-state index in [9.17, 15) is 15.0 Å². The molecule has 0 amide bonds. The fraction of sp³-hybridized carbons (Fsp3) is 0.936. The van der Waals surface area contributed by atoms with Gasteiger partial charge in [0.25, 0.3) is 0 Å². The molecule has 0 aromatic carbocycles. The number of aliphatic hydroxyl groups excluding tert-OH is 1. The smallest absolute Gasteiger partial charge is 0.311 e. The average Bonchev–Trinajstić information content (AvgIpc) is 3.17. The Morgan fingerprint density at radius 1 is 0.828 bits per heavy atom. The summed E-state index contributed by atoms with van der Waals surface area (Å²) in [6, 6.07) is -0.0203. The summed E-state index contributed by atoms with van der Waals surface area (Å²) in [7, 11) is 3.23. The van der Waals surface area contributed by atoms with E-state index in [0.29, 0.717) is 18.6 Å². The Morgan fingerprint density at radius 2 is 1.39 bits per heavy atom. The quantitative estimate of drug-likeness (QED) is 0.0811. The Labute approximate surface area is 389 Å². The largest absolute Gasteiger partial charge is 0.459 e. The first-order valence-electron chi connectivity index (χ1n) is 23.7. The highest BCUT2D eigenvalue weighted by molar-refractivity contribution is 6.70. The van der Waals surface area contributed by atoms with Gasteiger partial charge in [-0.15, -0.1) is 0 Å². The van der Waals surface area contributed by atoms with Gasteiger partial charge in [-0.25, -0.2) is 0 Å². The van der Waals surface area contributed by atoms with Crippen molar-refractivity contribution in [3.63, 3.8) is 0 Å². The molecule has 0 unspecified atom stereocenters. The molecule has 64 heavy (non-hydrogen) atoms. The molecule has 0 bridgehead atoms. The van der Waals surface area contributed by atoms with Crippen LogP contribution in [-0.2, 0) is 46.8 Å². The summed E-state index contributed by atoms with van der Waals surface area (Å²) in [4.78, 5) is 16.9. The zero-order valence-electron chi connectivity index (χ0n) is 43.8. The van der Waals surface area contributed by atoms with Crippen LogP contribution in [0.3, 0.4) is 0 Å². The molecule has 374 valence electrons. The van der Waals surface area contributed by atoms with E-state index in [0.717, 1.165) is 12.1 Å². The molecule has 3 saturated heterocycles. The number of aliphatic hydroxyl groups is 2. The third kappa shape index (κ3) is 14.2. The van der Waals surface area contributed by atoms with Crippen molar-refractivity contribution >= 4 is 34.0 Å². The molecule has 0 aliphatic carbocycles. The van der Waals surface area contributed by atoms with Gasteiger partial charge in [0.1, 0.15) is 17.8 Å². The van der Waals surface area contributed by atoms with Gasteiger partial charge < -0.3 is 57.1 Å². The highest BCUT2D eigenvalue weighted by atomic mass is 28.4. The molecule has 0 saturated carbocycles. The second-order valence-electron chi connectivity index (χ2n) is 22.2. The maximum Gasteiger partial charge on any atom is 0.311 e. The summed E-state index contributed by atoms with van der Waals surface area (Å²) in [6.07, 6.45) is -5.62. The van der Waals surface area contributed by atoms with Crippen LogP contribution in [0.2, 0.25) is 39.3 Å². The van der Waals surface area contributed by atoms with Crippen molar-refractivity contribution in [2.75, 3.05) is 28.3 Å². The first-order chi connectivity index (χ1) is 29.2. The van der Waals surface area contributed by atoms with E-state index in [-0.39, 0.29) is 30.6 Å². The van der Waals surface area contributed by atoms with E-state index in [1.54, 1.807) is 21.1 Å². The Hall–Kier alpha value is -1.20. The normalized spacial score (nSPS) is 43.2. The molecule has 3 aliphatic rings. The molecule has 3 fully saturated rings. The predicted octanol–water partition coefficient (Wildman–Crippen LogP) is 7.43. The molecule has 2 N–H and O–H groups in total. The Balaban J connectivity index is 2.37. The number of cyclic esters (lactones) is 1. The van der Waals surface area contributed by atoms with Gasteiger partial charge in [-0.3, -0.25) is 4.79 Å². The molecule has 0 spiro atoms. The summed E-state index contributed by atoms with van der Waals surface area (Å²) < 4.78 is 60.8. The van der Waals surface area contributed by atoms with Crippen LogP contribution < -0.4 is 0 Å².